The lowest BCUT2D eigenvalue weighted by atomic mass is 9.88. The highest BCUT2D eigenvalue weighted by Gasteiger charge is 2.27. The highest BCUT2D eigenvalue weighted by molar-refractivity contribution is 7.90. The molecule has 0 saturated carbocycles. The molecule has 0 fully saturated rings. The Labute approximate surface area is 160 Å². The molecule has 28 heavy (non-hydrogen) atoms. The first-order chi connectivity index (χ1) is 13.4. The molecule has 0 aliphatic heterocycles. The van der Waals surface area contributed by atoms with Gasteiger partial charge >= 0.3 is 5.97 Å². The fourth-order valence-electron chi connectivity index (χ4n) is 3.20. The number of H-pyrrole nitrogens is 1. The first-order valence-electron chi connectivity index (χ1n) is 8.67. The lowest BCUT2D eigenvalue weighted by Gasteiger charge is -2.19. The van der Waals surface area contributed by atoms with Crippen LogP contribution in [0, 0.1) is 5.92 Å². The standard InChI is InChI=1S/C17H18N6O4S/c1-28(25,26)14-5-3-13(4-6-14)23-16(20-21-22-23)10-27-17(24)11-2-7-15-12(8-11)9-18-19-15/h3-6,9,11H,2,7-8,10H2,1H3,(H,18,19)/t11-/m0/s1. The third-order valence-corrected chi connectivity index (χ3v) is 5.87. The summed E-state index contributed by atoms with van der Waals surface area (Å²) in [6.07, 6.45) is 4.95. The second-order valence-electron chi connectivity index (χ2n) is 6.69. The molecule has 0 spiro atoms. The fraction of sp³-hybridized carbons (Fsp3) is 0.353. The maximum atomic E-state index is 12.4. The van der Waals surface area contributed by atoms with Gasteiger partial charge in [0.1, 0.15) is 0 Å². The zero-order valence-corrected chi connectivity index (χ0v) is 15.9. The average Bonchev–Trinajstić information content (AvgIpc) is 3.34. The summed E-state index contributed by atoms with van der Waals surface area (Å²) in [5.74, 6) is -0.169. The maximum Gasteiger partial charge on any atom is 0.309 e. The Bertz CT molecular complexity index is 1100. The van der Waals surface area contributed by atoms with Crippen LogP contribution < -0.4 is 0 Å². The van der Waals surface area contributed by atoms with Gasteiger partial charge < -0.3 is 4.74 Å². The van der Waals surface area contributed by atoms with E-state index in [4.69, 9.17) is 4.74 Å². The minimum atomic E-state index is -3.29. The van der Waals surface area contributed by atoms with Crippen molar-refractivity contribution in [1.82, 2.24) is 30.4 Å². The van der Waals surface area contributed by atoms with Gasteiger partial charge in [-0.3, -0.25) is 9.89 Å². The molecule has 3 aromatic rings. The van der Waals surface area contributed by atoms with Gasteiger partial charge in [0.15, 0.2) is 22.3 Å². The molecule has 1 aliphatic rings. The molecule has 0 saturated heterocycles. The van der Waals surface area contributed by atoms with Crippen LogP contribution in [0.15, 0.2) is 35.4 Å². The molecule has 146 valence electrons. The summed E-state index contributed by atoms with van der Waals surface area (Å²) in [6.45, 7) is -0.0750. The monoisotopic (exact) mass is 402 g/mol. The normalized spacial score (nSPS) is 16.5. The third kappa shape index (κ3) is 3.65. The van der Waals surface area contributed by atoms with E-state index in [1.54, 1.807) is 18.3 Å². The molecule has 1 aromatic carbocycles. The van der Waals surface area contributed by atoms with Crippen LogP contribution in [0.2, 0.25) is 0 Å². The molecule has 1 atom stereocenters. The molecule has 0 bridgehead atoms. The number of rotatable bonds is 5. The molecule has 0 amide bonds. The number of nitrogens with zero attached hydrogens (tertiary/aromatic N) is 5. The van der Waals surface area contributed by atoms with Gasteiger partial charge in [-0.1, -0.05) is 0 Å². The van der Waals surface area contributed by atoms with Gasteiger partial charge in [-0.15, -0.1) is 5.10 Å². The Morgan fingerprint density at radius 2 is 2.11 bits per heavy atom. The first kappa shape index (κ1) is 18.3. The van der Waals surface area contributed by atoms with Crippen LogP contribution in [0.4, 0.5) is 0 Å². The number of hydrogen-bond acceptors (Lipinski definition) is 8. The highest BCUT2D eigenvalue weighted by atomic mass is 32.2. The number of fused-ring (bicyclic) bond motifs is 1. The Hall–Kier alpha value is -3.08. The van der Waals surface area contributed by atoms with Crippen molar-refractivity contribution in [2.45, 2.75) is 30.8 Å². The molecular formula is C17H18N6O4S. The van der Waals surface area contributed by atoms with E-state index in [2.05, 4.69) is 25.7 Å². The van der Waals surface area contributed by atoms with Crippen LogP contribution in [0.3, 0.4) is 0 Å². The van der Waals surface area contributed by atoms with Crippen molar-refractivity contribution in [3.05, 3.63) is 47.5 Å². The molecule has 10 nitrogen and oxygen atoms in total. The number of aromatic amines is 1. The van der Waals surface area contributed by atoms with Crippen LogP contribution in [0.1, 0.15) is 23.5 Å². The predicted molar refractivity (Wildman–Crippen MR) is 96.2 cm³/mol. The quantitative estimate of drug-likeness (QED) is 0.615. The Kier molecular flexibility index (Phi) is 4.67. The molecular weight excluding hydrogens is 384 g/mol. The van der Waals surface area contributed by atoms with Crippen molar-refractivity contribution in [3.63, 3.8) is 0 Å². The summed E-state index contributed by atoms with van der Waals surface area (Å²) in [5.41, 5.74) is 2.69. The van der Waals surface area contributed by atoms with Crippen molar-refractivity contribution in [2.24, 2.45) is 5.92 Å². The number of carbonyl (C=O) groups excluding carboxylic acids is 1. The van der Waals surface area contributed by atoms with Crippen molar-refractivity contribution in [1.29, 1.82) is 0 Å². The fourth-order valence-corrected chi connectivity index (χ4v) is 3.83. The number of tetrazole rings is 1. The number of sulfone groups is 1. The highest BCUT2D eigenvalue weighted by Crippen LogP contribution is 2.25. The van der Waals surface area contributed by atoms with Crippen molar-refractivity contribution < 1.29 is 17.9 Å². The summed E-state index contributed by atoms with van der Waals surface area (Å²) in [4.78, 5) is 12.6. The van der Waals surface area contributed by atoms with Gasteiger partial charge in [0.25, 0.3) is 0 Å². The smallest absolute Gasteiger partial charge is 0.309 e. The summed E-state index contributed by atoms with van der Waals surface area (Å²) in [5, 5.41) is 18.4. The number of aryl methyl sites for hydroxylation is 1. The summed E-state index contributed by atoms with van der Waals surface area (Å²) < 4.78 is 30.0. The van der Waals surface area contributed by atoms with Gasteiger partial charge in [0.05, 0.1) is 22.7 Å². The first-order valence-corrected chi connectivity index (χ1v) is 10.6. The summed E-state index contributed by atoms with van der Waals surface area (Å²) >= 11 is 0. The van der Waals surface area contributed by atoms with Crippen LogP contribution in [0.5, 0.6) is 0 Å². The van der Waals surface area contributed by atoms with Crippen molar-refractivity contribution in [3.8, 4) is 5.69 Å². The lowest BCUT2D eigenvalue weighted by Crippen LogP contribution is -2.24. The minimum absolute atomic E-state index is 0.0750. The van der Waals surface area contributed by atoms with Gasteiger partial charge in [-0.25, -0.2) is 8.42 Å². The molecule has 2 aromatic heterocycles. The van der Waals surface area contributed by atoms with E-state index in [9.17, 15) is 13.2 Å². The molecule has 1 aliphatic carbocycles. The van der Waals surface area contributed by atoms with Gasteiger partial charge in [0, 0.05) is 11.9 Å². The van der Waals surface area contributed by atoms with E-state index in [0.29, 0.717) is 24.4 Å². The van der Waals surface area contributed by atoms with E-state index in [0.717, 1.165) is 23.9 Å². The van der Waals surface area contributed by atoms with E-state index in [1.807, 2.05) is 0 Å². The van der Waals surface area contributed by atoms with Gasteiger partial charge in [-0.05, 0) is 59.5 Å². The molecule has 11 heteroatoms. The molecule has 0 radical (unpaired) electrons. The number of nitrogens with one attached hydrogen (secondary N) is 1. The van der Waals surface area contributed by atoms with Crippen LogP contribution in [-0.4, -0.2) is 51.0 Å². The Morgan fingerprint density at radius 3 is 2.86 bits per heavy atom. The molecule has 1 N–H and O–H groups in total. The largest absolute Gasteiger partial charge is 0.457 e. The second kappa shape index (κ2) is 7.15. The number of ether oxygens (including phenoxy) is 1. The van der Waals surface area contributed by atoms with E-state index < -0.39 is 9.84 Å². The van der Waals surface area contributed by atoms with E-state index >= 15 is 0 Å². The maximum absolute atomic E-state index is 12.4. The van der Waals surface area contributed by atoms with E-state index in [1.165, 1.54) is 16.8 Å². The van der Waals surface area contributed by atoms with Crippen LogP contribution in [-0.2, 0) is 38.8 Å². The average molecular weight is 402 g/mol. The number of aromatic nitrogens is 6. The summed E-state index contributed by atoms with van der Waals surface area (Å²) in [7, 11) is -3.29. The predicted octanol–water partition coefficient (Wildman–Crippen LogP) is 0.637. The number of hydrogen-bond donors (Lipinski definition) is 1. The molecule has 2 heterocycles. The number of carbonyl (C=O) groups is 1. The zero-order chi connectivity index (χ0) is 19.7. The SMILES string of the molecule is CS(=O)(=O)c1ccc(-n2nnnc2COC(=O)[C@H]2CCc3[nH]ncc3C2)cc1. The second-order valence-corrected chi connectivity index (χ2v) is 8.71. The number of benzene rings is 1. The third-order valence-electron chi connectivity index (χ3n) is 4.74. The van der Waals surface area contributed by atoms with E-state index in [-0.39, 0.29) is 23.4 Å². The van der Waals surface area contributed by atoms with Crippen LogP contribution in [0.25, 0.3) is 5.69 Å². The minimum Gasteiger partial charge on any atom is -0.457 e. The van der Waals surface area contributed by atoms with Crippen molar-refractivity contribution in [2.75, 3.05) is 6.26 Å². The van der Waals surface area contributed by atoms with Crippen LogP contribution >= 0.6 is 0 Å². The number of esters is 1. The zero-order valence-electron chi connectivity index (χ0n) is 15.1. The Morgan fingerprint density at radius 1 is 1.32 bits per heavy atom. The summed E-state index contributed by atoms with van der Waals surface area (Å²) in [6, 6.07) is 6.15. The topological polar surface area (TPSA) is 133 Å². The van der Waals surface area contributed by atoms with Gasteiger partial charge in [0.2, 0.25) is 0 Å². The van der Waals surface area contributed by atoms with Crippen molar-refractivity contribution >= 4 is 15.8 Å². The molecule has 4 rings (SSSR count). The van der Waals surface area contributed by atoms with Gasteiger partial charge in [-0.2, -0.15) is 9.78 Å². The Balaban J connectivity index is 1.43. The lowest BCUT2D eigenvalue weighted by molar-refractivity contribution is -0.150. The molecule has 0 unspecified atom stereocenters.